The van der Waals surface area contributed by atoms with E-state index in [0.717, 1.165) is 11.1 Å². The van der Waals surface area contributed by atoms with Gasteiger partial charge in [0, 0.05) is 5.56 Å². The van der Waals surface area contributed by atoms with Gasteiger partial charge in [0.25, 0.3) is 5.91 Å². The summed E-state index contributed by atoms with van der Waals surface area (Å²) in [4.78, 5) is 24.4. The lowest BCUT2D eigenvalue weighted by atomic mass is 10.2. The molecular formula is C29H17ClFN3O2S. The first-order valence-corrected chi connectivity index (χ1v) is 12.5. The van der Waals surface area contributed by atoms with Crippen LogP contribution in [0.5, 0.6) is 11.5 Å². The fraction of sp³-hybridized carbons (Fsp3) is 0. The van der Waals surface area contributed by atoms with E-state index in [2.05, 4.69) is 4.98 Å². The van der Waals surface area contributed by atoms with Gasteiger partial charge in [-0.05, 0) is 48.0 Å². The van der Waals surface area contributed by atoms with E-state index in [1.165, 1.54) is 28.4 Å². The average molecular weight is 526 g/mol. The summed E-state index contributed by atoms with van der Waals surface area (Å²) in [6.45, 7) is 0. The van der Waals surface area contributed by atoms with Gasteiger partial charge in [0.1, 0.15) is 28.8 Å². The maximum Gasteiger partial charge on any atom is 0.284 e. The van der Waals surface area contributed by atoms with Crippen molar-refractivity contribution < 1.29 is 13.9 Å². The molecule has 1 aliphatic rings. The van der Waals surface area contributed by atoms with Gasteiger partial charge in [-0.15, -0.1) is 0 Å². The fourth-order valence-electron chi connectivity index (χ4n) is 3.93. The van der Waals surface area contributed by atoms with Gasteiger partial charge in [-0.25, -0.2) is 19.3 Å². The first-order valence-electron chi connectivity index (χ1n) is 11.3. The Morgan fingerprint density at radius 1 is 0.892 bits per heavy atom. The van der Waals surface area contributed by atoms with Crippen LogP contribution in [0.25, 0.3) is 16.3 Å². The van der Waals surface area contributed by atoms with Crippen LogP contribution in [0.2, 0.25) is 5.02 Å². The molecule has 0 atom stereocenters. The molecule has 2 heterocycles. The summed E-state index contributed by atoms with van der Waals surface area (Å²) < 4.78 is 20.6. The molecule has 8 heteroatoms. The number of halogens is 2. The zero-order valence-corrected chi connectivity index (χ0v) is 20.7. The van der Waals surface area contributed by atoms with Crippen LogP contribution in [0.4, 0.5) is 9.52 Å². The molecule has 0 fully saturated rings. The van der Waals surface area contributed by atoms with E-state index in [-0.39, 0.29) is 16.6 Å². The van der Waals surface area contributed by atoms with E-state index in [4.69, 9.17) is 21.3 Å². The first kappa shape index (κ1) is 23.1. The standard InChI is InChI=1S/C29H17ClFN3O2S/c30-22-16-24-26(17-23(22)31)37-29(33-24)34-27(19-9-3-1-4-10-19)32-25(28(34)35)15-18-8-7-13-21(14-18)36-20-11-5-2-6-12-20/h1-17H/b25-15-. The molecule has 5 nitrogen and oxygen atoms in total. The van der Waals surface area contributed by atoms with E-state index in [1.807, 2.05) is 84.9 Å². The van der Waals surface area contributed by atoms with Crippen molar-refractivity contribution in [2.24, 2.45) is 4.99 Å². The zero-order chi connectivity index (χ0) is 25.4. The van der Waals surface area contributed by atoms with Gasteiger partial charge >= 0.3 is 0 Å². The second-order valence-electron chi connectivity index (χ2n) is 8.19. The average Bonchev–Trinajstić information content (AvgIpc) is 3.45. The van der Waals surface area contributed by atoms with E-state index >= 15 is 0 Å². The number of ether oxygens (including phenoxy) is 1. The number of hydrogen-bond acceptors (Lipinski definition) is 5. The lowest BCUT2D eigenvalue weighted by Gasteiger charge is -2.14. The maximum absolute atomic E-state index is 14.1. The molecule has 4 aromatic carbocycles. The molecule has 0 saturated heterocycles. The molecular weight excluding hydrogens is 509 g/mol. The number of thiazole rings is 1. The summed E-state index contributed by atoms with van der Waals surface area (Å²) in [6, 6.07) is 29.1. The fourth-order valence-corrected chi connectivity index (χ4v) is 5.06. The van der Waals surface area contributed by atoms with Gasteiger partial charge in [-0.3, -0.25) is 4.79 Å². The minimum absolute atomic E-state index is 0.0211. The summed E-state index contributed by atoms with van der Waals surface area (Å²) >= 11 is 7.15. The quantitative estimate of drug-likeness (QED) is 0.221. The van der Waals surface area contributed by atoms with Gasteiger partial charge in [0.15, 0.2) is 5.13 Å². The molecule has 0 bridgehead atoms. The highest BCUT2D eigenvalue weighted by Crippen LogP contribution is 2.36. The van der Waals surface area contributed by atoms with Crippen LogP contribution < -0.4 is 9.64 Å². The Morgan fingerprint density at radius 3 is 2.41 bits per heavy atom. The van der Waals surface area contributed by atoms with Crippen LogP contribution in [0, 0.1) is 5.82 Å². The molecule has 1 aromatic heterocycles. The van der Waals surface area contributed by atoms with Crippen molar-refractivity contribution in [2.45, 2.75) is 0 Å². The molecule has 0 radical (unpaired) electrons. The number of carbonyl (C=O) groups excluding carboxylic acids is 1. The second kappa shape index (κ2) is 9.61. The predicted octanol–water partition coefficient (Wildman–Crippen LogP) is 7.72. The van der Waals surface area contributed by atoms with Gasteiger partial charge in [-0.1, -0.05) is 83.6 Å². The highest BCUT2D eigenvalue weighted by molar-refractivity contribution is 7.22. The normalized spacial score (nSPS) is 14.4. The number of hydrogen-bond donors (Lipinski definition) is 0. The maximum atomic E-state index is 14.1. The molecule has 37 heavy (non-hydrogen) atoms. The van der Waals surface area contributed by atoms with Gasteiger partial charge < -0.3 is 4.74 Å². The number of benzene rings is 4. The molecule has 180 valence electrons. The first-order chi connectivity index (χ1) is 18.0. The number of carbonyl (C=O) groups is 1. The van der Waals surface area contributed by atoms with Crippen LogP contribution in [0.15, 0.2) is 108 Å². The van der Waals surface area contributed by atoms with Crippen molar-refractivity contribution in [1.82, 2.24) is 4.98 Å². The molecule has 0 N–H and O–H groups in total. The highest BCUT2D eigenvalue weighted by atomic mass is 35.5. The molecule has 1 amide bonds. The lowest BCUT2D eigenvalue weighted by Crippen LogP contribution is -2.32. The third kappa shape index (κ3) is 4.62. The van der Waals surface area contributed by atoms with Crippen molar-refractivity contribution in [1.29, 1.82) is 0 Å². The monoisotopic (exact) mass is 525 g/mol. The third-order valence-corrected chi connectivity index (χ3v) is 6.94. The number of nitrogens with zero attached hydrogens (tertiary/aromatic N) is 3. The minimum atomic E-state index is -0.535. The Bertz CT molecular complexity index is 1660. The van der Waals surface area contributed by atoms with Gasteiger partial charge in [0.2, 0.25) is 0 Å². The van der Waals surface area contributed by atoms with Gasteiger partial charge in [-0.2, -0.15) is 0 Å². The van der Waals surface area contributed by atoms with Crippen molar-refractivity contribution in [2.75, 3.05) is 4.90 Å². The molecule has 0 aliphatic carbocycles. The smallest absolute Gasteiger partial charge is 0.284 e. The molecule has 0 unspecified atom stereocenters. The minimum Gasteiger partial charge on any atom is -0.457 e. The van der Waals surface area contributed by atoms with Gasteiger partial charge in [0.05, 0.1) is 15.2 Å². The summed E-state index contributed by atoms with van der Waals surface area (Å²) in [5.41, 5.74) is 2.27. The SMILES string of the molecule is O=C1/C(=C/c2cccc(Oc3ccccc3)c2)N=C(c2ccccc2)N1c1nc2cc(Cl)c(F)cc2s1. The summed E-state index contributed by atoms with van der Waals surface area (Å²) in [5, 5.41) is 0.362. The van der Waals surface area contributed by atoms with Crippen molar-refractivity contribution in [3.05, 3.63) is 125 Å². The molecule has 0 saturated carbocycles. The number of aliphatic imine (C=N–C) groups is 1. The Morgan fingerprint density at radius 2 is 1.62 bits per heavy atom. The molecule has 5 aromatic rings. The van der Waals surface area contributed by atoms with Crippen molar-refractivity contribution in [3.63, 3.8) is 0 Å². The summed E-state index contributed by atoms with van der Waals surface area (Å²) in [7, 11) is 0. The summed E-state index contributed by atoms with van der Waals surface area (Å²) in [6.07, 6.45) is 1.72. The Hall–Kier alpha value is -4.33. The number of para-hydroxylation sites is 1. The van der Waals surface area contributed by atoms with Crippen LogP contribution in [0.3, 0.4) is 0 Å². The molecule has 0 spiro atoms. The number of anilines is 1. The number of amides is 1. The Labute approximate surface area is 220 Å². The van der Waals surface area contributed by atoms with Crippen molar-refractivity contribution in [3.8, 4) is 11.5 Å². The van der Waals surface area contributed by atoms with Crippen LogP contribution in [-0.2, 0) is 4.79 Å². The highest BCUT2D eigenvalue weighted by Gasteiger charge is 2.34. The van der Waals surface area contributed by atoms with E-state index in [1.54, 1.807) is 6.08 Å². The number of fused-ring (bicyclic) bond motifs is 1. The van der Waals surface area contributed by atoms with Crippen molar-refractivity contribution >= 4 is 56.1 Å². The van der Waals surface area contributed by atoms with E-state index in [0.29, 0.717) is 32.7 Å². The molecule has 1 aliphatic heterocycles. The third-order valence-electron chi connectivity index (χ3n) is 5.64. The largest absolute Gasteiger partial charge is 0.457 e. The summed E-state index contributed by atoms with van der Waals surface area (Å²) in [5.74, 6) is 0.928. The van der Waals surface area contributed by atoms with E-state index < -0.39 is 5.82 Å². The Kier molecular flexibility index (Phi) is 6.00. The predicted molar refractivity (Wildman–Crippen MR) is 146 cm³/mol. The molecule has 6 rings (SSSR count). The number of aromatic nitrogens is 1. The second-order valence-corrected chi connectivity index (χ2v) is 9.61. The zero-order valence-electron chi connectivity index (χ0n) is 19.1. The lowest BCUT2D eigenvalue weighted by molar-refractivity contribution is -0.113. The number of amidine groups is 1. The van der Waals surface area contributed by atoms with E-state index in [9.17, 15) is 9.18 Å². The van der Waals surface area contributed by atoms with Crippen LogP contribution in [-0.4, -0.2) is 16.7 Å². The topological polar surface area (TPSA) is 54.8 Å². The van der Waals surface area contributed by atoms with Crippen LogP contribution in [0.1, 0.15) is 11.1 Å². The number of rotatable bonds is 5. The van der Waals surface area contributed by atoms with Crippen LogP contribution >= 0.6 is 22.9 Å². The Balaban J connectivity index is 1.40.